The van der Waals surface area contributed by atoms with Crippen LogP contribution in [0.25, 0.3) is 0 Å². The summed E-state index contributed by atoms with van der Waals surface area (Å²) in [4.78, 5) is 0. The van der Waals surface area contributed by atoms with Crippen LogP contribution in [0.1, 0.15) is 46.2 Å². The van der Waals surface area contributed by atoms with E-state index < -0.39 is 0 Å². The van der Waals surface area contributed by atoms with E-state index in [9.17, 15) is 0 Å². The van der Waals surface area contributed by atoms with Gasteiger partial charge in [-0.05, 0) is 48.9 Å². The molecule has 0 saturated carbocycles. The van der Waals surface area contributed by atoms with Crippen molar-refractivity contribution in [1.82, 2.24) is 0 Å². The van der Waals surface area contributed by atoms with Crippen LogP contribution in [0.4, 0.5) is 0 Å². The topological polar surface area (TPSA) is 0 Å². The van der Waals surface area contributed by atoms with Crippen molar-refractivity contribution in [3.8, 4) is 0 Å². The monoisotopic (exact) mass is 236 g/mol. The number of rotatable bonds is 0. The molecule has 2 aromatic carbocycles. The molecule has 0 fully saturated rings. The molecular weight excluding hydrogens is 216 g/mol. The van der Waals surface area contributed by atoms with Gasteiger partial charge in [-0.25, -0.2) is 0 Å². The van der Waals surface area contributed by atoms with E-state index in [0.29, 0.717) is 5.92 Å². The third-order valence-electron chi connectivity index (χ3n) is 4.19. The van der Waals surface area contributed by atoms with Gasteiger partial charge in [-0.1, -0.05) is 54.4 Å². The first-order valence-corrected chi connectivity index (χ1v) is 6.84. The molecule has 3 rings (SSSR count). The summed E-state index contributed by atoms with van der Waals surface area (Å²) >= 11 is 0. The van der Waals surface area contributed by atoms with Gasteiger partial charge in [0.15, 0.2) is 0 Å². The fraction of sp³-hybridized carbons (Fsp3) is 0.333. The molecule has 0 atom stereocenters. The highest BCUT2D eigenvalue weighted by atomic mass is 14.2. The summed E-state index contributed by atoms with van der Waals surface area (Å²) < 4.78 is 0. The first-order chi connectivity index (χ1) is 8.65. The van der Waals surface area contributed by atoms with Crippen molar-refractivity contribution in [2.75, 3.05) is 0 Å². The third-order valence-corrected chi connectivity index (χ3v) is 4.19. The Bertz CT molecular complexity index is 539. The summed E-state index contributed by atoms with van der Waals surface area (Å²) in [6.07, 6.45) is 2.36. The number of hydrogen-bond donors (Lipinski definition) is 0. The van der Waals surface area contributed by atoms with Crippen molar-refractivity contribution >= 4 is 0 Å². The lowest BCUT2D eigenvalue weighted by Gasteiger charge is -2.16. The van der Waals surface area contributed by atoms with Crippen molar-refractivity contribution in [2.24, 2.45) is 0 Å². The zero-order valence-corrected chi connectivity index (χ0v) is 11.5. The summed E-state index contributed by atoms with van der Waals surface area (Å²) in [5.41, 5.74) is 8.87. The molecule has 0 aromatic heterocycles. The smallest absolute Gasteiger partial charge is 0.00664 e. The average Bonchev–Trinajstić information content (AvgIpc) is 2.47. The lowest BCUT2D eigenvalue weighted by Crippen LogP contribution is -1.99. The maximum absolute atomic E-state index is 2.37. The highest BCUT2D eigenvalue weighted by Gasteiger charge is 2.19. The number of fused-ring (bicyclic) bond motifs is 2. The van der Waals surface area contributed by atoms with Gasteiger partial charge in [0, 0.05) is 5.92 Å². The van der Waals surface area contributed by atoms with Gasteiger partial charge in [-0.3, -0.25) is 0 Å². The molecule has 0 N–H and O–H groups in total. The minimum absolute atomic E-state index is 0.527. The fourth-order valence-corrected chi connectivity index (χ4v) is 3.18. The molecule has 0 amide bonds. The minimum atomic E-state index is 0.527. The van der Waals surface area contributed by atoms with Crippen LogP contribution in [-0.2, 0) is 12.8 Å². The summed E-state index contributed by atoms with van der Waals surface area (Å²) in [7, 11) is 0. The van der Waals surface area contributed by atoms with Gasteiger partial charge in [-0.15, -0.1) is 0 Å². The van der Waals surface area contributed by atoms with Crippen LogP contribution in [-0.4, -0.2) is 0 Å². The Labute approximate surface area is 110 Å². The van der Waals surface area contributed by atoms with Crippen LogP contribution >= 0.6 is 0 Å². The molecule has 92 valence electrons. The van der Waals surface area contributed by atoms with E-state index in [0.717, 1.165) is 0 Å². The summed E-state index contributed by atoms with van der Waals surface area (Å²) in [6.45, 7) is 6.72. The average molecular weight is 236 g/mol. The van der Waals surface area contributed by atoms with Crippen molar-refractivity contribution in [3.05, 3.63) is 69.8 Å². The van der Waals surface area contributed by atoms with Crippen LogP contribution in [0.5, 0.6) is 0 Å². The van der Waals surface area contributed by atoms with Gasteiger partial charge in [0.25, 0.3) is 0 Å². The Morgan fingerprint density at radius 1 is 0.778 bits per heavy atom. The van der Waals surface area contributed by atoms with Crippen molar-refractivity contribution in [2.45, 2.75) is 39.5 Å². The second kappa shape index (κ2) is 4.28. The lowest BCUT2D eigenvalue weighted by molar-refractivity contribution is 0.910. The van der Waals surface area contributed by atoms with E-state index in [1.165, 1.54) is 46.2 Å². The molecular formula is C18H20. The van der Waals surface area contributed by atoms with Gasteiger partial charge in [-0.2, -0.15) is 0 Å². The largest absolute Gasteiger partial charge is 0.0590 e. The van der Waals surface area contributed by atoms with Gasteiger partial charge in [0.05, 0.1) is 0 Å². The Balaban J connectivity index is 2.15. The Kier molecular flexibility index (Phi) is 2.74. The number of hydrogen-bond acceptors (Lipinski definition) is 0. The lowest BCUT2D eigenvalue weighted by atomic mass is 9.88. The molecule has 0 saturated heterocycles. The van der Waals surface area contributed by atoms with Crippen molar-refractivity contribution < 1.29 is 0 Å². The maximum atomic E-state index is 2.37. The second-order valence-electron chi connectivity index (χ2n) is 5.63. The normalized spacial score (nSPS) is 14.8. The molecule has 0 bridgehead atoms. The Hall–Kier alpha value is -1.56. The van der Waals surface area contributed by atoms with Crippen molar-refractivity contribution in [3.63, 3.8) is 0 Å². The molecule has 0 nitrogen and oxygen atoms in total. The van der Waals surface area contributed by atoms with E-state index in [-0.39, 0.29) is 0 Å². The summed E-state index contributed by atoms with van der Waals surface area (Å²) in [5, 5.41) is 0. The first kappa shape index (κ1) is 11.5. The van der Waals surface area contributed by atoms with Gasteiger partial charge < -0.3 is 0 Å². The Morgan fingerprint density at radius 3 is 1.67 bits per heavy atom. The van der Waals surface area contributed by atoms with Crippen molar-refractivity contribution in [1.29, 1.82) is 0 Å². The molecule has 0 aliphatic heterocycles. The predicted molar refractivity (Wildman–Crippen MR) is 77.3 cm³/mol. The van der Waals surface area contributed by atoms with Gasteiger partial charge in [0.1, 0.15) is 0 Å². The SMILES string of the molecule is Cc1ccc2c(c1)CCc1cc(C)ccc1C2C. The van der Waals surface area contributed by atoms with E-state index in [4.69, 9.17) is 0 Å². The minimum Gasteiger partial charge on any atom is -0.0590 e. The predicted octanol–water partition coefficient (Wildman–Crippen LogP) is 4.55. The molecule has 0 radical (unpaired) electrons. The molecule has 2 aromatic rings. The van der Waals surface area contributed by atoms with Crippen LogP contribution in [0.2, 0.25) is 0 Å². The second-order valence-corrected chi connectivity index (χ2v) is 5.63. The van der Waals surface area contributed by atoms with Crippen LogP contribution in [0.15, 0.2) is 36.4 Å². The third kappa shape index (κ3) is 1.86. The molecule has 1 aliphatic carbocycles. The molecule has 0 unspecified atom stereocenters. The molecule has 18 heavy (non-hydrogen) atoms. The zero-order chi connectivity index (χ0) is 12.7. The zero-order valence-electron chi connectivity index (χ0n) is 11.5. The van der Waals surface area contributed by atoms with E-state index in [2.05, 4.69) is 57.2 Å². The standard InChI is InChI=1S/C18H20/c1-12-4-8-17-14(3)18-9-5-13(2)11-16(18)7-6-15(17)10-12/h4-5,8-11,14H,6-7H2,1-3H3. The number of benzene rings is 2. The van der Waals surface area contributed by atoms with Crippen LogP contribution < -0.4 is 0 Å². The Morgan fingerprint density at radius 2 is 1.22 bits per heavy atom. The maximum Gasteiger partial charge on any atom is 0.00664 e. The highest BCUT2D eigenvalue weighted by Crippen LogP contribution is 2.34. The van der Waals surface area contributed by atoms with E-state index >= 15 is 0 Å². The molecule has 1 aliphatic rings. The van der Waals surface area contributed by atoms with Crippen LogP contribution in [0.3, 0.4) is 0 Å². The first-order valence-electron chi connectivity index (χ1n) is 6.84. The van der Waals surface area contributed by atoms with Crippen LogP contribution in [0, 0.1) is 13.8 Å². The molecule has 0 spiro atoms. The molecule has 0 heterocycles. The van der Waals surface area contributed by atoms with E-state index in [1.807, 2.05) is 0 Å². The summed E-state index contributed by atoms with van der Waals surface area (Å²) in [6, 6.07) is 13.9. The highest BCUT2D eigenvalue weighted by molar-refractivity contribution is 5.46. The van der Waals surface area contributed by atoms with Gasteiger partial charge >= 0.3 is 0 Å². The summed E-state index contributed by atoms with van der Waals surface area (Å²) in [5.74, 6) is 0.527. The van der Waals surface area contributed by atoms with E-state index in [1.54, 1.807) is 0 Å². The fourth-order valence-electron chi connectivity index (χ4n) is 3.18. The quantitative estimate of drug-likeness (QED) is 0.629. The molecule has 0 heteroatoms. The van der Waals surface area contributed by atoms with Gasteiger partial charge in [0.2, 0.25) is 0 Å². The number of aryl methyl sites for hydroxylation is 4.